The molecule has 0 saturated heterocycles. The number of carbonyl (C=O) groups is 2. The number of nitrogens with one attached hydrogen (secondary N) is 1. The van der Waals surface area contributed by atoms with E-state index in [1.165, 1.54) is 13.2 Å². The summed E-state index contributed by atoms with van der Waals surface area (Å²) in [6.07, 6.45) is 0. The summed E-state index contributed by atoms with van der Waals surface area (Å²) in [6.45, 7) is 0.322. The average Bonchev–Trinajstić information content (AvgIpc) is 3.14. The maximum Gasteiger partial charge on any atom is 0.338 e. The first-order valence-electron chi connectivity index (χ1n) is 7.69. The van der Waals surface area contributed by atoms with Crippen LogP contribution < -0.4 is 5.32 Å². The van der Waals surface area contributed by atoms with Gasteiger partial charge in [0, 0.05) is 29.1 Å². The minimum absolute atomic E-state index is 0.0299. The van der Waals surface area contributed by atoms with Crippen molar-refractivity contribution in [3.8, 4) is 0 Å². The Kier molecular flexibility index (Phi) is 6.42. The fourth-order valence-corrected chi connectivity index (χ4v) is 3.32. The van der Waals surface area contributed by atoms with E-state index in [0.29, 0.717) is 6.54 Å². The van der Waals surface area contributed by atoms with Crippen LogP contribution in [0.4, 0.5) is 5.69 Å². The highest BCUT2D eigenvalue weighted by Gasteiger charge is 2.20. The molecule has 0 aliphatic carbocycles. The first kappa shape index (κ1) is 19.5. The third kappa shape index (κ3) is 4.64. The zero-order chi connectivity index (χ0) is 19.3. The molecule has 1 atom stereocenters. The number of methoxy groups -OCH3 is 1. The number of hydrogen-bond acceptors (Lipinski definition) is 7. The molecule has 2 aromatic rings. The van der Waals surface area contributed by atoms with Crippen molar-refractivity contribution in [2.45, 2.75) is 6.04 Å². The SMILES string of the molecule is COC(=O)c1cc(C(=O)NCC(c2cccs2)N(C)C)cc([N+](=O)[O-])c1. The van der Waals surface area contributed by atoms with Gasteiger partial charge in [-0.05, 0) is 31.6 Å². The molecule has 1 amide bonds. The monoisotopic (exact) mass is 377 g/mol. The Labute approximate surface area is 154 Å². The zero-order valence-corrected chi connectivity index (χ0v) is 15.4. The van der Waals surface area contributed by atoms with E-state index < -0.39 is 16.8 Å². The lowest BCUT2D eigenvalue weighted by Gasteiger charge is -2.23. The number of ether oxygens (including phenoxy) is 1. The average molecular weight is 377 g/mol. The van der Waals surface area contributed by atoms with E-state index in [1.54, 1.807) is 11.3 Å². The molecule has 2 rings (SSSR count). The summed E-state index contributed by atoms with van der Waals surface area (Å²) < 4.78 is 4.59. The Morgan fingerprint density at radius 3 is 2.54 bits per heavy atom. The number of likely N-dealkylation sites (N-methyl/N-ethyl adjacent to an activating group) is 1. The molecule has 138 valence electrons. The first-order chi connectivity index (χ1) is 12.3. The number of esters is 1. The lowest BCUT2D eigenvalue weighted by Crippen LogP contribution is -2.34. The second-order valence-corrected chi connectivity index (χ2v) is 6.70. The van der Waals surface area contributed by atoms with Crippen LogP contribution in [0.15, 0.2) is 35.7 Å². The van der Waals surface area contributed by atoms with Crippen molar-refractivity contribution in [2.24, 2.45) is 0 Å². The predicted molar refractivity (Wildman–Crippen MR) is 97.5 cm³/mol. The minimum atomic E-state index is -0.743. The van der Waals surface area contributed by atoms with Crippen LogP contribution in [0.1, 0.15) is 31.6 Å². The van der Waals surface area contributed by atoms with Crippen LogP contribution in [0.25, 0.3) is 0 Å². The summed E-state index contributed by atoms with van der Waals surface area (Å²) in [5.41, 5.74) is -0.363. The molecular weight excluding hydrogens is 358 g/mol. The van der Waals surface area contributed by atoms with E-state index in [9.17, 15) is 19.7 Å². The molecule has 1 aromatic carbocycles. The van der Waals surface area contributed by atoms with Crippen LogP contribution in [-0.4, -0.2) is 49.4 Å². The van der Waals surface area contributed by atoms with Gasteiger partial charge in [0.1, 0.15) is 0 Å². The lowest BCUT2D eigenvalue weighted by atomic mass is 10.1. The highest BCUT2D eigenvalue weighted by Crippen LogP contribution is 2.23. The summed E-state index contributed by atoms with van der Waals surface area (Å²) in [6, 6.07) is 7.38. The summed E-state index contributed by atoms with van der Waals surface area (Å²) in [5.74, 6) is -1.24. The summed E-state index contributed by atoms with van der Waals surface area (Å²) in [7, 11) is 4.97. The molecule has 0 bridgehead atoms. The van der Waals surface area contributed by atoms with E-state index >= 15 is 0 Å². The molecule has 0 radical (unpaired) electrons. The van der Waals surface area contributed by atoms with Gasteiger partial charge < -0.3 is 15.0 Å². The van der Waals surface area contributed by atoms with Crippen LogP contribution in [0.5, 0.6) is 0 Å². The molecule has 0 aliphatic rings. The fourth-order valence-electron chi connectivity index (χ4n) is 2.39. The van der Waals surface area contributed by atoms with Crippen LogP contribution in [0.2, 0.25) is 0 Å². The van der Waals surface area contributed by atoms with E-state index in [2.05, 4.69) is 10.1 Å². The number of carbonyl (C=O) groups excluding carboxylic acids is 2. The summed E-state index contributed by atoms with van der Waals surface area (Å²) >= 11 is 1.58. The number of nitro benzene ring substituents is 1. The molecule has 1 aromatic heterocycles. The third-order valence-electron chi connectivity index (χ3n) is 3.76. The Morgan fingerprint density at radius 2 is 2.00 bits per heavy atom. The molecule has 9 heteroatoms. The van der Waals surface area contributed by atoms with Crippen LogP contribution in [0.3, 0.4) is 0 Å². The minimum Gasteiger partial charge on any atom is -0.465 e. The van der Waals surface area contributed by atoms with Crippen molar-refractivity contribution in [1.29, 1.82) is 0 Å². The molecule has 1 N–H and O–H groups in total. The van der Waals surface area contributed by atoms with Crippen LogP contribution in [-0.2, 0) is 4.74 Å². The molecule has 26 heavy (non-hydrogen) atoms. The van der Waals surface area contributed by atoms with Gasteiger partial charge in [0.25, 0.3) is 11.6 Å². The van der Waals surface area contributed by atoms with E-state index in [1.807, 2.05) is 36.5 Å². The van der Waals surface area contributed by atoms with Gasteiger partial charge >= 0.3 is 5.97 Å². The Balaban J connectivity index is 2.21. The smallest absolute Gasteiger partial charge is 0.338 e. The predicted octanol–water partition coefficient (Wildman–Crippen LogP) is 2.48. The zero-order valence-electron chi connectivity index (χ0n) is 14.6. The second kappa shape index (κ2) is 8.54. The van der Waals surface area contributed by atoms with Gasteiger partial charge in [-0.1, -0.05) is 6.07 Å². The highest BCUT2D eigenvalue weighted by molar-refractivity contribution is 7.10. The standard InChI is InChI=1S/C17H19N3O5S/c1-19(2)14(15-5-4-6-26-15)10-18-16(21)11-7-12(17(22)25-3)9-13(8-11)20(23)24/h4-9,14H,10H2,1-3H3,(H,18,21). The maximum absolute atomic E-state index is 12.5. The largest absolute Gasteiger partial charge is 0.465 e. The Morgan fingerprint density at radius 1 is 1.31 bits per heavy atom. The van der Waals surface area contributed by atoms with Gasteiger partial charge in [-0.15, -0.1) is 11.3 Å². The molecule has 1 unspecified atom stereocenters. The van der Waals surface area contributed by atoms with Gasteiger partial charge in [0.05, 0.1) is 23.6 Å². The molecular formula is C17H19N3O5S. The number of rotatable bonds is 7. The second-order valence-electron chi connectivity index (χ2n) is 5.72. The number of benzene rings is 1. The van der Waals surface area contributed by atoms with E-state index in [-0.39, 0.29) is 22.9 Å². The number of non-ortho nitro benzene ring substituents is 1. The maximum atomic E-state index is 12.5. The lowest BCUT2D eigenvalue weighted by molar-refractivity contribution is -0.384. The summed E-state index contributed by atoms with van der Waals surface area (Å²) in [5, 5.41) is 15.8. The molecule has 0 spiro atoms. The molecule has 0 aliphatic heterocycles. The number of amides is 1. The normalized spacial score (nSPS) is 11.8. The quantitative estimate of drug-likeness (QED) is 0.452. The summed E-state index contributed by atoms with van der Waals surface area (Å²) in [4.78, 5) is 37.6. The number of thiophene rings is 1. The number of hydrogen-bond donors (Lipinski definition) is 1. The van der Waals surface area contributed by atoms with Crippen LogP contribution >= 0.6 is 11.3 Å². The molecule has 8 nitrogen and oxygen atoms in total. The Bertz CT molecular complexity index is 805. The first-order valence-corrected chi connectivity index (χ1v) is 8.57. The van der Waals surface area contributed by atoms with Gasteiger partial charge in [-0.2, -0.15) is 0 Å². The number of nitrogens with zero attached hydrogens (tertiary/aromatic N) is 2. The molecule has 0 fully saturated rings. The van der Waals surface area contributed by atoms with E-state index in [4.69, 9.17) is 0 Å². The van der Waals surface area contributed by atoms with Gasteiger partial charge in [-0.25, -0.2) is 4.79 Å². The number of nitro groups is 1. The van der Waals surface area contributed by atoms with E-state index in [0.717, 1.165) is 17.0 Å². The van der Waals surface area contributed by atoms with Crippen molar-refractivity contribution in [1.82, 2.24) is 10.2 Å². The van der Waals surface area contributed by atoms with Gasteiger partial charge in [-0.3, -0.25) is 14.9 Å². The third-order valence-corrected chi connectivity index (χ3v) is 4.74. The molecule has 1 heterocycles. The van der Waals surface area contributed by atoms with Crippen LogP contribution in [0, 0.1) is 10.1 Å². The Hall–Kier alpha value is -2.78. The van der Waals surface area contributed by atoms with Crippen molar-refractivity contribution < 1.29 is 19.2 Å². The van der Waals surface area contributed by atoms with Crippen molar-refractivity contribution in [3.63, 3.8) is 0 Å². The molecule has 0 saturated carbocycles. The fraction of sp³-hybridized carbons (Fsp3) is 0.294. The van der Waals surface area contributed by atoms with Crippen molar-refractivity contribution in [3.05, 3.63) is 61.8 Å². The van der Waals surface area contributed by atoms with Gasteiger partial charge in [0.2, 0.25) is 0 Å². The van der Waals surface area contributed by atoms with Crippen molar-refractivity contribution >= 4 is 28.9 Å². The topological polar surface area (TPSA) is 102 Å². The van der Waals surface area contributed by atoms with Crippen molar-refractivity contribution in [2.75, 3.05) is 27.7 Å². The highest BCUT2D eigenvalue weighted by atomic mass is 32.1. The van der Waals surface area contributed by atoms with Gasteiger partial charge in [0.15, 0.2) is 0 Å².